The summed E-state index contributed by atoms with van der Waals surface area (Å²) in [6.07, 6.45) is 4.76. The van der Waals surface area contributed by atoms with E-state index >= 15 is 0 Å². The number of thioether (sulfide) groups is 1. The fourth-order valence-electron chi connectivity index (χ4n) is 2.18. The number of nitrogens with one attached hydrogen (secondary N) is 3. The quantitative estimate of drug-likeness (QED) is 0.729. The van der Waals surface area contributed by atoms with Gasteiger partial charge in [0.2, 0.25) is 11.1 Å². The van der Waals surface area contributed by atoms with Crippen molar-refractivity contribution in [3.05, 3.63) is 5.82 Å². The summed E-state index contributed by atoms with van der Waals surface area (Å²) in [6.45, 7) is 1.72. The minimum absolute atomic E-state index is 0.360. The largest absolute Gasteiger partial charge is 0.341 e. The van der Waals surface area contributed by atoms with Gasteiger partial charge in [0.05, 0.1) is 5.25 Å². The molecule has 1 heterocycles. The number of imide groups is 1. The van der Waals surface area contributed by atoms with E-state index in [1.54, 1.807) is 6.92 Å². The summed E-state index contributed by atoms with van der Waals surface area (Å²) in [6, 6.07) is -0.510. The first-order valence-electron chi connectivity index (χ1n) is 6.71. The fourth-order valence-corrected chi connectivity index (χ4v) is 2.91. The van der Waals surface area contributed by atoms with Crippen LogP contribution in [0.3, 0.4) is 0 Å². The van der Waals surface area contributed by atoms with Gasteiger partial charge >= 0.3 is 6.03 Å². The maximum absolute atomic E-state index is 11.7. The molecule has 0 aliphatic heterocycles. The van der Waals surface area contributed by atoms with Crippen LogP contribution >= 0.6 is 11.8 Å². The van der Waals surface area contributed by atoms with Crippen LogP contribution in [0.25, 0.3) is 0 Å². The number of rotatable bonds is 4. The highest BCUT2D eigenvalue weighted by Gasteiger charge is 2.23. The number of urea groups is 1. The summed E-state index contributed by atoms with van der Waals surface area (Å²) >= 11 is 1.24. The number of aromatic amines is 1. The van der Waals surface area contributed by atoms with E-state index in [-0.39, 0.29) is 5.91 Å². The van der Waals surface area contributed by atoms with Gasteiger partial charge in [0.15, 0.2) is 0 Å². The van der Waals surface area contributed by atoms with Gasteiger partial charge in [-0.05, 0) is 19.8 Å². The summed E-state index contributed by atoms with van der Waals surface area (Å²) in [7, 11) is 1.46. The molecule has 0 saturated heterocycles. The molecule has 1 aliphatic carbocycles. The van der Waals surface area contributed by atoms with Crippen molar-refractivity contribution in [1.82, 2.24) is 25.8 Å². The molecule has 0 bridgehead atoms. The smallest absolute Gasteiger partial charge is 0.321 e. The molecule has 3 N–H and O–H groups in total. The molecular weight excluding hydrogens is 278 g/mol. The molecule has 0 aromatic carbocycles. The van der Waals surface area contributed by atoms with Crippen LogP contribution in [-0.2, 0) is 4.79 Å². The summed E-state index contributed by atoms with van der Waals surface area (Å²) < 4.78 is 0. The Balaban J connectivity index is 1.89. The SMILES string of the molecule is CNC(=O)NC(=O)C(C)Sc1n[nH]c(C2CCCC2)n1. The first-order valence-corrected chi connectivity index (χ1v) is 7.59. The minimum Gasteiger partial charge on any atom is -0.341 e. The molecule has 7 nitrogen and oxygen atoms in total. The number of carbonyl (C=O) groups excluding carboxylic acids is 2. The van der Waals surface area contributed by atoms with Gasteiger partial charge in [0.1, 0.15) is 5.82 Å². The monoisotopic (exact) mass is 297 g/mol. The van der Waals surface area contributed by atoms with Gasteiger partial charge < -0.3 is 5.32 Å². The lowest BCUT2D eigenvalue weighted by atomic mass is 10.1. The van der Waals surface area contributed by atoms with Gasteiger partial charge in [-0.3, -0.25) is 15.2 Å². The average molecular weight is 297 g/mol. The maximum atomic E-state index is 11.7. The van der Waals surface area contributed by atoms with E-state index in [2.05, 4.69) is 25.8 Å². The van der Waals surface area contributed by atoms with E-state index in [4.69, 9.17) is 0 Å². The predicted molar refractivity (Wildman–Crippen MR) is 75.5 cm³/mol. The Bertz CT molecular complexity index is 484. The summed E-state index contributed by atoms with van der Waals surface area (Å²) in [5.41, 5.74) is 0. The molecule has 1 aliphatic rings. The van der Waals surface area contributed by atoms with Crippen molar-refractivity contribution < 1.29 is 9.59 Å². The molecule has 1 aromatic rings. The predicted octanol–water partition coefficient (Wildman–Crippen LogP) is 1.40. The number of nitrogens with zero attached hydrogens (tertiary/aromatic N) is 2. The van der Waals surface area contributed by atoms with E-state index in [0.717, 1.165) is 18.7 Å². The zero-order valence-electron chi connectivity index (χ0n) is 11.6. The third kappa shape index (κ3) is 3.72. The first-order chi connectivity index (χ1) is 9.60. The van der Waals surface area contributed by atoms with Crippen molar-refractivity contribution >= 4 is 23.7 Å². The van der Waals surface area contributed by atoms with Gasteiger partial charge in [-0.1, -0.05) is 24.6 Å². The highest BCUT2D eigenvalue weighted by Crippen LogP contribution is 2.32. The lowest BCUT2D eigenvalue weighted by Gasteiger charge is -2.08. The van der Waals surface area contributed by atoms with E-state index in [1.165, 1.54) is 31.7 Å². The number of H-pyrrole nitrogens is 1. The van der Waals surface area contributed by atoms with Crippen LogP contribution in [0.1, 0.15) is 44.3 Å². The molecule has 1 atom stereocenters. The summed E-state index contributed by atoms with van der Waals surface area (Å²) in [4.78, 5) is 27.2. The summed E-state index contributed by atoms with van der Waals surface area (Å²) in [5, 5.41) is 11.8. The Morgan fingerprint density at radius 1 is 1.40 bits per heavy atom. The Morgan fingerprint density at radius 3 is 2.75 bits per heavy atom. The van der Waals surface area contributed by atoms with E-state index in [1.807, 2.05) is 0 Å². The van der Waals surface area contributed by atoms with Crippen LogP contribution in [0.15, 0.2) is 5.16 Å². The molecule has 1 unspecified atom stereocenters. The molecule has 1 fully saturated rings. The Morgan fingerprint density at radius 2 is 2.10 bits per heavy atom. The Kier molecular flexibility index (Phi) is 4.99. The van der Waals surface area contributed by atoms with E-state index < -0.39 is 11.3 Å². The minimum atomic E-state index is -0.510. The van der Waals surface area contributed by atoms with Gasteiger partial charge in [-0.2, -0.15) is 0 Å². The van der Waals surface area contributed by atoms with Gasteiger partial charge in [0.25, 0.3) is 0 Å². The third-order valence-electron chi connectivity index (χ3n) is 3.34. The standard InChI is InChI=1S/C12H19N5O2S/c1-7(10(18)15-11(19)13-2)20-12-14-9(16-17-12)8-5-3-4-6-8/h7-8H,3-6H2,1-2H3,(H,14,16,17)(H2,13,15,18,19). The topological polar surface area (TPSA) is 99.8 Å². The average Bonchev–Trinajstić information content (AvgIpc) is 3.08. The van der Waals surface area contributed by atoms with Crippen LogP contribution in [0, 0.1) is 0 Å². The number of hydrogen-bond donors (Lipinski definition) is 3. The van der Waals surface area contributed by atoms with Gasteiger partial charge in [-0.25, -0.2) is 9.78 Å². The highest BCUT2D eigenvalue weighted by molar-refractivity contribution is 8.00. The lowest BCUT2D eigenvalue weighted by molar-refractivity contribution is -0.119. The van der Waals surface area contributed by atoms with Crippen molar-refractivity contribution in [3.8, 4) is 0 Å². The number of hydrogen-bond acceptors (Lipinski definition) is 5. The number of amides is 3. The molecular formula is C12H19N5O2S. The van der Waals surface area contributed by atoms with E-state index in [0.29, 0.717) is 11.1 Å². The second kappa shape index (κ2) is 6.74. The molecule has 0 radical (unpaired) electrons. The normalized spacial score (nSPS) is 16.9. The van der Waals surface area contributed by atoms with Gasteiger partial charge in [0, 0.05) is 13.0 Å². The molecule has 8 heteroatoms. The Labute approximate surface area is 121 Å². The molecule has 110 valence electrons. The van der Waals surface area contributed by atoms with Crippen LogP contribution in [0.2, 0.25) is 0 Å². The molecule has 20 heavy (non-hydrogen) atoms. The first kappa shape index (κ1) is 14.8. The van der Waals surface area contributed by atoms with Crippen LogP contribution in [-0.4, -0.2) is 39.4 Å². The molecule has 1 saturated carbocycles. The second-order valence-electron chi connectivity index (χ2n) is 4.81. The molecule has 0 spiro atoms. The zero-order chi connectivity index (χ0) is 14.5. The molecule has 3 amide bonds. The molecule has 2 rings (SSSR count). The van der Waals surface area contributed by atoms with E-state index in [9.17, 15) is 9.59 Å². The lowest BCUT2D eigenvalue weighted by Crippen LogP contribution is -2.41. The Hall–Kier alpha value is -1.57. The maximum Gasteiger partial charge on any atom is 0.321 e. The summed E-state index contributed by atoms with van der Waals surface area (Å²) in [5.74, 6) is 1.01. The number of carbonyl (C=O) groups is 2. The molecule has 1 aromatic heterocycles. The van der Waals surface area contributed by atoms with Crippen LogP contribution in [0.5, 0.6) is 0 Å². The highest BCUT2D eigenvalue weighted by atomic mass is 32.2. The van der Waals surface area contributed by atoms with Crippen LogP contribution in [0.4, 0.5) is 4.79 Å². The van der Waals surface area contributed by atoms with Crippen molar-refractivity contribution in [3.63, 3.8) is 0 Å². The number of aromatic nitrogens is 3. The zero-order valence-corrected chi connectivity index (χ0v) is 12.4. The fraction of sp³-hybridized carbons (Fsp3) is 0.667. The van der Waals surface area contributed by atoms with Crippen molar-refractivity contribution in [2.75, 3.05) is 7.05 Å². The van der Waals surface area contributed by atoms with Gasteiger partial charge in [-0.15, -0.1) is 5.10 Å². The van der Waals surface area contributed by atoms with Crippen LogP contribution < -0.4 is 10.6 Å². The van der Waals surface area contributed by atoms with Crippen molar-refractivity contribution in [1.29, 1.82) is 0 Å². The third-order valence-corrected chi connectivity index (χ3v) is 4.30. The second-order valence-corrected chi connectivity index (χ2v) is 6.12. The van der Waals surface area contributed by atoms with Crippen molar-refractivity contribution in [2.24, 2.45) is 0 Å². The van der Waals surface area contributed by atoms with Crippen molar-refractivity contribution in [2.45, 2.75) is 48.9 Å².